The van der Waals surface area contributed by atoms with E-state index in [0.717, 1.165) is 24.9 Å². The van der Waals surface area contributed by atoms with Gasteiger partial charge in [0.25, 0.3) is 5.91 Å². The number of carbonyl (C=O) groups is 1. The van der Waals surface area contributed by atoms with Crippen LogP contribution >= 0.6 is 11.6 Å². The van der Waals surface area contributed by atoms with E-state index < -0.39 is 0 Å². The highest BCUT2D eigenvalue weighted by atomic mass is 35.5. The molecule has 120 valence electrons. The SMILES string of the molecule is O=C(COc1ccc(Cl)c2cccnc12)NCC1=CCNCC1. The van der Waals surface area contributed by atoms with E-state index in [4.69, 9.17) is 16.3 Å². The molecule has 1 aliphatic rings. The number of aromatic nitrogens is 1. The van der Waals surface area contributed by atoms with Gasteiger partial charge in [-0.05, 0) is 37.2 Å². The highest BCUT2D eigenvalue weighted by Crippen LogP contribution is 2.29. The molecule has 2 aromatic rings. The minimum absolute atomic E-state index is 0.0428. The molecule has 0 spiro atoms. The Bertz CT molecular complexity index is 746. The van der Waals surface area contributed by atoms with Crippen LogP contribution in [0.5, 0.6) is 5.75 Å². The minimum atomic E-state index is -0.150. The van der Waals surface area contributed by atoms with Gasteiger partial charge in [-0.3, -0.25) is 9.78 Å². The fourth-order valence-corrected chi connectivity index (χ4v) is 2.68. The number of nitrogens with zero attached hydrogens (tertiary/aromatic N) is 1. The first-order valence-electron chi connectivity index (χ1n) is 7.55. The molecular weight excluding hydrogens is 314 g/mol. The molecule has 1 aliphatic heterocycles. The molecule has 0 aliphatic carbocycles. The van der Waals surface area contributed by atoms with Gasteiger partial charge in [0.2, 0.25) is 0 Å². The van der Waals surface area contributed by atoms with Gasteiger partial charge >= 0.3 is 0 Å². The highest BCUT2D eigenvalue weighted by molar-refractivity contribution is 6.35. The van der Waals surface area contributed by atoms with Gasteiger partial charge in [-0.25, -0.2) is 0 Å². The van der Waals surface area contributed by atoms with Crippen molar-refractivity contribution in [3.05, 3.63) is 47.1 Å². The van der Waals surface area contributed by atoms with Crippen molar-refractivity contribution in [3.63, 3.8) is 0 Å². The Hall–Kier alpha value is -2.11. The van der Waals surface area contributed by atoms with Crippen molar-refractivity contribution in [1.82, 2.24) is 15.6 Å². The molecule has 0 radical (unpaired) electrons. The van der Waals surface area contributed by atoms with Gasteiger partial charge in [-0.2, -0.15) is 0 Å². The molecule has 0 saturated heterocycles. The van der Waals surface area contributed by atoms with E-state index in [1.165, 1.54) is 5.57 Å². The van der Waals surface area contributed by atoms with Crippen molar-refractivity contribution < 1.29 is 9.53 Å². The van der Waals surface area contributed by atoms with Gasteiger partial charge in [0.05, 0.1) is 5.02 Å². The molecule has 0 unspecified atom stereocenters. The maximum Gasteiger partial charge on any atom is 0.258 e. The zero-order valence-corrected chi connectivity index (χ0v) is 13.4. The second kappa shape index (κ2) is 7.44. The summed E-state index contributed by atoms with van der Waals surface area (Å²) in [5, 5.41) is 7.54. The molecule has 1 aromatic heterocycles. The first-order valence-corrected chi connectivity index (χ1v) is 7.93. The largest absolute Gasteiger partial charge is 0.481 e. The third kappa shape index (κ3) is 4.00. The number of hydrogen-bond acceptors (Lipinski definition) is 4. The second-order valence-corrected chi connectivity index (χ2v) is 5.73. The zero-order valence-electron chi connectivity index (χ0n) is 12.6. The molecular formula is C17H18ClN3O2. The van der Waals surface area contributed by atoms with Crippen molar-refractivity contribution in [2.75, 3.05) is 26.2 Å². The van der Waals surface area contributed by atoms with E-state index in [-0.39, 0.29) is 12.5 Å². The average Bonchev–Trinajstić information content (AvgIpc) is 2.60. The van der Waals surface area contributed by atoms with Crippen LogP contribution in [0, 0.1) is 0 Å². The summed E-state index contributed by atoms with van der Waals surface area (Å²) < 4.78 is 5.61. The summed E-state index contributed by atoms with van der Waals surface area (Å²) in [6, 6.07) is 7.18. The van der Waals surface area contributed by atoms with Gasteiger partial charge in [-0.1, -0.05) is 23.3 Å². The van der Waals surface area contributed by atoms with Crippen LogP contribution in [0.2, 0.25) is 5.02 Å². The van der Waals surface area contributed by atoms with E-state index >= 15 is 0 Å². The number of fused-ring (bicyclic) bond motifs is 1. The molecule has 0 fully saturated rings. The molecule has 23 heavy (non-hydrogen) atoms. The van der Waals surface area contributed by atoms with Gasteiger partial charge < -0.3 is 15.4 Å². The highest BCUT2D eigenvalue weighted by Gasteiger charge is 2.10. The number of hydrogen-bond donors (Lipinski definition) is 2. The minimum Gasteiger partial charge on any atom is -0.481 e. The smallest absolute Gasteiger partial charge is 0.258 e. The summed E-state index contributed by atoms with van der Waals surface area (Å²) in [6.07, 6.45) is 4.75. The number of nitrogens with one attached hydrogen (secondary N) is 2. The topological polar surface area (TPSA) is 63.2 Å². The Morgan fingerprint density at radius 2 is 2.30 bits per heavy atom. The summed E-state index contributed by atoms with van der Waals surface area (Å²) in [4.78, 5) is 16.2. The van der Waals surface area contributed by atoms with Crippen molar-refractivity contribution in [3.8, 4) is 5.75 Å². The van der Waals surface area contributed by atoms with Crippen LogP contribution in [0.3, 0.4) is 0 Å². The third-order valence-corrected chi connectivity index (χ3v) is 4.04. The lowest BCUT2D eigenvalue weighted by molar-refractivity contribution is -0.122. The monoisotopic (exact) mass is 331 g/mol. The molecule has 0 bridgehead atoms. The summed E-state index contributed by atoms with van der Waals surface area (Å²) in [5.41, 5.74) is 1.91. The van der Waals surface area contributed by atoms with Crippen molar-refractivity contribution in [2.24, 2.45) is 0 Å². The van der Waals surface area contributed by atoms with Crippen LogP contribution in [0.4, 0.5) is 0 Å². The normalized spacial score (nSPS) is 14.4. The zero-order chi connectivity index (χ0) is 16.1. The maximum atomic E-state index is 11.9. The fourth-order valence-electron chi connectivity index (χ4n) is 2.46. The lowest BCUT2D eigenvalue weighted by Crippen LogP contribution is -2.32. The fraction of sp³-hybridized carbons (Fsp3) is 0.294. The lowest BCUT2D eigenvalue weighted by Gasteiger charge is -2.15. The molecule has 1 aromatic carbocycles. The average molecular weight is 332 g/mol. The number of amides is 1. The van der Waals surface area contributed by atoms with Crippen LogP contribution in [-0.4, -0.2) is 37.1 Å². The Balaban J connectivity index is 1.59. The standard InChI is InChI=1S/C17H18ClN3O2/c18-14-3-4-15(17-13(14)2-1-7-20-17)23-11-16(22)21-10-12-5-8-19-9-6-12/h1-5,7,19H,6,8-11H2,(H,21,22). The van der Waals surface area contributed by atoms with E-state index in [2.05, 4.69) is 21.7 Å². The first-order chi connectivity index (χ1) is 11.2. The third-order valence-electron chi connectivity index (χ3n) is 3.71. The molecule has 2 N–H and O–H groups in total. The van der Waals surface area contributed by atoms with Gasteiger partial charge in [0, 0.05) is 24.7 Å². The first kappa shape index (κ1) is 15.8. The molecule has 0 saturated carbocycles. The van der Waals surface area contributed by atoms with Gasteiger partial charge in [0.1, 0.15) is 11.3 Å². The van der Waals surface area contributed by atoms with Crippen LogP contribution in [0.1, 0.15) is 6.42 Å². The summed E-state index contributed by atoms with van der Waals surface area (Å²) >= 11 is 6.14. The van der Waals surface area contributed by atoms with Crippen molar-refractivity contribution in [2.45, 2.75) is 6.42 Å². The summed E-state index contributed by atoms with van der Waals surface area (Å²) in [5.74, 6) is 0.407. The van der Waals surface area contributed by atoms with Crippen molar-refractivity contribution >= 4 is 28.4 Å². The molecule has 5 nitrogen and oxygen atoms in total. The molecule has 3 rings (SSSR count). The van der Waals surface area contributed by atoms with Crippen LogP contribution in [0.25, 0.3) is 10.9 Å². The second-order valence-electron chi connectivity index (χ2n) is 5.33. The number of rotatable bonds is 5. The quantitative estimate of drug-likeness (QED) is 0.825. The van der Waals surface area contributed by atoms with E-state index in [0.29, 0.717) is 22.8 Å². The maximum absolute atomic E-state index is 11.9. The predicted octanol–water partition coefficient (Wildman–Crippen LogP) is 2.30. The summed E-state index contributed by atoms with van der Waals surface area (Å²) in [7, 11) is 0. The Kier molecular flexibility index (Phi) is 5.10. The molecule has 6 heteroatoms. The number of ether oxygens (including phenoxy) is 1. The van der Waals surface area contributed by atoms with Gasteiger partial charge in [0.15, 0.2) is 6.61 Å². The van der Waals surface area contributed by atoms with Crippen LogP contribution in [-0.2, 0) is 4.79 Å². The summed E-state index contributed by atoms with van der Waals surface area (Å²) in [6.45, 7) is 2.35. The number of benzene rings is 1. The number of halogens is 1. The van der Waals surface area contributed by atoms with Gasteiger partial charge in [-0.15, -0.1) is 0 Å². The number of pyridine rings is 1. The molecule has 1 amide bonds. The predicted molar refractivity (Wildman–Crippen MR) is 90.8 cm³/mol. The van der Waals surface area contributed by atoms with E-state index in [9.17, 15) is 4.79 Å². The Morgan fingerprint density at radius 1 is 1.39 bits per heavy atom. The Labute approximate surface area is 139 Å². The Morgan fingerprint density at radius 3 is 3.13 bits per heavy atom. The van der Waals surface area contributed by atoms with E-state index in [1.54, 1.807) is 18.3 Å². The van der Waals surface area contributed by atoms with Crippen molar-refractivity contribution in [1.29, 1.82) is 0 Å². The van der Waals surface area contributed by atoms with Crippen LogP contribution < -0.4 is 15.4 Å². The molecule has 2 heterocycles. The number of carbonyl (C=O) groups excluding carboxylic acids is 1. The van der Waals surface area contributed by atoms with Crippen LogP contribution in [0.15, 0.2) is 42.1 Å². The molecule has 0 atom stereocenters. The van der Waals surface area contributed by atoms with E-state index in [1.807, 2.05) is 12.1 Å². The lowest BCUT2D eigenvalue weighted by atomic mass is 10.1.